The lowest BCUT2D eigenvalue weighted by molar-refractivity contribution is -0.122. The number of aromatic nitrogens is 2. The normalized spacial score (nSPS) is 12.8. The molecule has 0 aliphatic heterocycles. The highest BCUT2D eigenvalue weighted by Crippen LogP contribution is 2.37. The lowest BCUT2D eigenvalue weighted by Crippen LogP contribution is -2.30. The average molecular weight is 490 g/mol. The Morgan fingerprint density at radius 2 is 2.03 bits per heavy atom. The molecule has 0 bridgehead atoms. The van der Waals surface area contributed by atoms with Gasteiger partial charge in [0.25, 0.3) is 0 Å². The summed E-state index contributed by atoms with van der Waals surface area (Å²) in [6, 6.07) is 5.18. The molecule has 0 unspecified atom stereocenters. The molecule has 3 N–H and O–H groups in total. The van der Waals surface area contributed by atoms with Gasteiger partial charge in [-0.05, 0) is 50.0 Å². The summed E-state index contributed by atoms with van der Waals surface area (Å²) in [6.45, 7) is 3.27. The molecule has 0 spiro atoms. The number of phenolic OH excluding ortho intramolecular Hbond substituents is 1. The van der Waals surface area contributed by atoms with Crippen molar-refractivity contribution in [1.29, 1.82) is 0 Å². The third kappa shape index (κ3) is 5.90. The molecule has 10 nitrogen and oxygen atoms in total. The molecule has 182 valence electrons. The Morgan fingerprint density at radius 1 is 1.26 bits per heavy atom. The zero-order valence-corrected chi connectivity index (χ0v) is 20.1. The number of nitrogens with zero attached hydrogens (tertiary/aromatic N) is 2. The van der Waals surface area contributed by atoms with Crippen LogP contribution in [0.5, 0.6) is 17.2 Å². The number of nitrogens with one attached hydrogen (secondary N) is 1. The minimum Gasteiger partial charge on any atom is -0.504 e. The first kappa shape index (κ1) is 25.2. The summed E-state index contributed by atoms with van der Waals surface area (Å²) < 4.78 is 16.1. The summed E-state index contributed by atoms with van der Waals surface area (Å²) in [7, 11) is 1.40. The number of thioether (sulfide) groups is 1. The molecular formula is C23H27N3O7S. The van der Waals surface area contributed by atoms with Gasteiger partial charge in [-0.25, -0.2) is 0 Å². The fourth-order valence-electron chi connectivity index (χ4n) is 3.52. The molecule has 0 aliphatic rings. The molecule has 2 heterocycles. The number of rotatable bonds is 10. The van der Waals surface area contributed by atoms with E-state index in [9.17, 15) is 19.8 Å². The topological polar surface area (TPSA) is 148 Å². The van der Waals surface area contributed by atoms with Crippen molar-refractivity contribution >= 4 is 17.7 Å². The van der Waals surface area contributed by atoms with Gasteiger partial charge in [0.1, 0.15) is 11.8 Å². The molecule has 0 saturated carbocycles. The van der Waals surface area contributed by atoms with E-state index in [1.165, 1.54) is 25.3 Å². The maximum atomic E-state index is 13.2. The Kier molecular flexibility index (Phi) is 8.21. The van der Waals surface area contributed by atoms with E-state index in [1.54, 1.807) is 31.7 Å². The van der Waals surface area contributed by atoms with E-state index in [-0.39, 0.29) is 35.3 Å². The van der Waals surface area contributed by atoms with E-state index >= 15 is 0 Å². The Hall–Kier alpha value is -3.47. The molecule has 3 rings (SSSR count). The van der Waals surface area contributed by atoms with Gasteiger partial charge in [-0.2, -0.15) is 16.7 Å². The predicted octanol–water partition coefficient (Wildman–Crippen LogP) is 3.19. The highest BCUT2D eigenvalue weighted by atomic mass is 32.2. The largest absolute Gasteiger partial charge is 0.504 e. The number of hydrogen-bond donors (Lipinski definition) is 3. The molecule has 3 aromatic rings. The third-order valence-corrected chi connectivity index (χ3v) is 5.82. The molecule has 0 aliphatic carbocycles. The van der Waals surface area contributed by atoms with Crippen LogP contribution in [0.4, 0.5) is 0 Å². The molecule has 2 aromatic heterocycles. The Balaban J connectivity index is 1.96. The first-order valence-corrected chi connectivity index (χ1v) is 11.9. The standard InChI is InChI=1S/C23H27N3O7S/c1-12-9-18(28)21(30)22(32-12)15(14-5-6-17(27)19(10-14)31-3)11-20(29)25-16(7-8-34-4)23-24-13(2)26-33-23/h5-6,9-10,15-16,27,30H,7-8,11H2,1-4H3,(H,25,29)/t15-,16-/m0/s1. The van der Waals surface area contributed by atoms with Crippen molar-refractivity contribution in [2.24, 2.45) is 0 Å². The van der Waals surface area contributed by atoms with E-state index < -0.39 is 23.1 Å². The molecule has 1 amide bonds. The van der Waals surface area contributed by atoms with Crippen molar-refractivity contribution in [3.63, 3.8) is 0 Å². The van der Waals surface area contributed by atoms with Crippen LogP contribution >= 0.6 is 11.8 Å². The maximum absolute atomic E-state index is 13.2. The number of phenols is 1. The minimum atomic E-state index is -0.840. The first-order valence-electron chi connectivity index (χ1n) is 10.5. The minimum absolute atomic E-state index is 0.0535. The highest BCUT2D eigenvalue weighted by Gasteiger charge is 2.28. The molecular weight excluding hydrogens is 462 g/mol. The monoisotopic (exact) mass is 489 g/mol. The Morgan fingerprint density at radius 3 is 2.68 bits per heavy atom. The zero-order chi connectivity index (χ0) is 24.8. The smallest absolute Gasteiger partial charge is 0.249 e. The highest BCUT2D eigenvalue weighted by molar-refractivity contribution is 7.98. The van der Waals surface area contributed by atoms with E-state index in [0.717, 1.165) is 5.75 Å². The van der Waals surface area contributed by atoms with Crippen LogP contribution in [0.25, 0.3) is 0 Å². The number of ether oxygens (including phenoxy) is 1. The average Bonchev–Trinajstić information content (AvgIpc) is 3.24. The SMILES string of the molecule is COc1cc([C@H](CC(=O)N[C@@H](CCSC)c2nc(C)no2)c2oc(C)cc(=O)c2O)ccc1O. The number of aromatic hydroxyl groups is 2. The number of carbonyl (C=O) groups excluding carboxylic acids is 1. The van der Waals surface area contributed by atoms with Crippen LogP contribution in [-0.4, -0.2) is 45.4 Å². The van der Waals surface area contributed by atoms with Crippen molar-refractivity contribution in [3.8, 4) is 17.2 Å². The van der Waals surface area contributed by atoms with Gasteiger partial charge in [-0.15, -0.1) is 0 Å². The second-order valence-corrected chi connectivity index (χ2v) is 8.69. The number of aryl methyl sites for hydroxylation is 2. The summed E-state index contributed by atoms with van der Waals surface area (Å²) in [5.41, 5.74) is -0.114. The zero-order valence-electron chi connectivity index (χ0n) is 19.3. The van der Waals surface area contributed by atoms with Crippen LogP contribution in [0.3, 0.4) is 0 Å². The summed E-state index contributed by atoms with van der Waals surface area (Å²) in [5.74, 6) is 0.0161. The fraction of sp³-hybridized carbons (Fsp3) is 0.391. The number of benzene rings is 1. The van der Waals surface area contributed by atoms with E-state index in [4.69, 9.17) is 13.7 Å². The van der Waals surface area contributed by atoms with Crippen LogP contribution in [0.2, 0.25) is 0 Å². The van der Waals surface area contributed by atoms with Gasteiger partial charge < -0.3 is 29.2 Å². The molecule has 1 aromatic carbocycles. The van der Waals surface area contributed by atoms with Gasteiger partial charge in [-0.3, -0.25) is 9.59 Å². The third-order valence-electron chi connectivity index (χ3n) is 5.17. The predicted molar refractivity (Wildman–Crippen MR) is 125 cm³/mol. The van der Waals surface area contributed by atoms with E-state index in [1.807, 2.05) is 6.26 Å². The quantitative estimate of drug-likeness (QED) is 0.388. The lowest BCUT2D eigenvalue weighted by Gasteiger charge is -2.20. The van der Waals surface area contributed by atoms with Gasteiger partial charge in [-0.1, -0.05) is 11.2 Å². The molecule has 0 fully saturated rings. The van der Waals surface area contributed by atoms with E-state index in [0.29, 0.717) is 23.7 Å². The summed E-state index contributed by atoms with van der Waals surface area (Å²) in [6.07, 6.45) is 2.35. The maximum Gasteiger partial charge on any atom is 0.249 e. The molecule has 0 radical (unpaired) electrons. The molecule has 11 heteroatoms. The number of hydrogen-bond acceptors (Lipinski definition) is 10. The van der Waals surface area contributed by atoms with E-state index in [2.05, 4.69) is 15.5 Å². The van der Waals surface area contributed by atoms with Crippen molar-refractivity contribution in [2.45, 2.75) is 38.6 Å². The van der Waals surface area contributed by atoms with Gasteiger partial charge in [0, 0.05) is 12.5 Å². The summed E-state index contributed by atoms with van der Waals surface area (Å²) in [4.78, 5) is 29.6. The lowest BCUT2D eigenvalue weighted by atomic mass is 9.91. The number of methoxy groups -OCH3 is 1. The van der Waals surface area contributed by atoms with Crippen LogP contribution < -0.4 is 15.5 Å². The molecule has 0 saturated heterocycles. The van der Waals surface area contributed by atoms with Gasteiger partial charge >= 0.3 is 0 Å². The first-order chi connectivity index (χ1) is 16.2. The van der Waals surface area contributed by atoms with Crippen molar-refractivity contribution in [3.05, 3.63) is 63.3 Å². The van der Waals surface area contributed by atoms with Gasteiger partial charge in [0.15, 0.2) is 23.1 Å². The summed E-state index contributed by atoms with van der Waals surface area (Å²) >= 11 is 1.62. The number of amides is 1. The molecule has 34 heavy (non-hydrogen) atoms. The van der Waals surface area contributed by atoms with Gasteiger partial charge in [0.05, 0.1) is 13.0 Å². The van der Waals surface area contributed by atoms with Crippen LogP contribution in [0.15, 0.2) is 38.0 Å². The second kappa shape index (κ2) is 11.1. The number of carbonyl (C=O) groups is 1. The van der Waals surface area contributed by atoms with Crippen molar-refractivity contribution in [2.75, 3.05) is 19.1 Å². The van der Waals surface area contributed by atoms with Crippen LogP contribution in [-0.2, 0) is 4.79 Å². The van der Waals surface area contributed by atoms with Crippen LogP contribution in [0, 0.1) is 13.8 Å². The molecule has 2 atom stereocenters. The second-order valence-electron chi connectivity index (χ2n) is 7.70. The Labute approximate surface area is 200 Å². The van der Waals surface area contributed by atoms with Crippen LogP contribution in [0.1, 0.15) is 53.6 Å². The van der Waals surface area contributed by atoms with Crippen molar-refractivity contribution < 1.29 is 28.7 Å². The summed E-state index contributed by atoms with van der Waals surface area (Å²) in [5, 5.41) is 27.2. The fourth-order valence-corrected chi connectivity index (χ4v) is 3.99. The van der Waals surface area contributed by atoms with Crippen molar-refractivity contribution in [1.82, 2.24) is 15.5 Å². The van der Waals surface area contributed by atoms with Gasteiger partial charge in [0.2, 0.25) is 23.0 Å². The Bertz CT molecular complexity index is 1210.